The first-order valence-electron chi connectivity index (χ1n) is 4.56. The monoisotopic (exact) mass is 170 g/mol. The molecular formula is C9H18N2O. The van der Waals surface area contributed by atoms with E-state index in [2.05, 4.69) is 24.9 Å². The third-order valence-electron chi connectivity index (χ3n) is 2.37. The summed E-state index contributed by atoms with van der Waals surface area (Å²) in [5.41, 5.74) is 0. The van der Waals surface area contributed by atoms with Crippen molar-refractivity contribution in [1.29, 1.82) is 0 Å². The molecule has 0 saturated carbocycles. The topological polar surface area (TPSA) is 15.7 Å². The highest BCUT2D eigenvalue weighted by molar-refractivity contribution is 4.90. The van der Waals surface area contributed by atoms with Gasteiger partial charge in [-0.2, -0.15) is 0 Å². The Morgan fingerprint density at radius 3 is 2.42 bits per heavy atom. The van der Waals surface area contributed by atoms with Gasteiger partial charge >= 0.3 is 0 Å². The highest BCUT2D eigenvalue weighted by atomic mass is 16.7. The van der Waals surface area contributed by atoms with Crippen LogP contribution in [-0.2, 0) is 4.84 Å². The molecule has 1 aliphatic heterocycles. The predicted octanol–water partition coefficient (Wildman–Crippen LogP) is 1.78. The molecular weight excluding hydrogens is 152 g/mol. The van der Waals surface area contributed by atoms with E-state index in [0.29, 0.717) is 6.04 Å². The fraction of sp³-hybridized carbons (Fsp3) is 0.778. The highest BCUT2D eigenvalue weighted by Gasteiger charge is 2.17. The summed E-state index contributed by atoms with van der Waals surface area (Å²) in [7, 11) is 1.70. The summed E-state index contributed by atoms with van der Waals surface area (Å²) in [6.45, 7) is 5.30. The van der Waals surface area contributed by atoms with Crippen molar-refractivity contribution in [1.82, 2.24) is 9.96 Å². The van der Waals surface area contributed by atoms with Gasteiger partial charge in [0.15, 0.2) is 0 Å². The van der Waals surface area contributed by atoms with Gasteiger partial charge in [-0.1, -0.05) is 13.8 Å². The lowest BCUT2D eigenvalue weighted by Crippen LogP contribution is -2.32. The normalized spacial score (nSPS) is 16.7. The number of hydroxylamine groups is 2. The van der Waals surface area contributed by atoms with Crippen LogP contribution in [0.5, 0.6) is 0 Å². The van der Waals surface area contributed by atoms with Gasteiger partial charge in [0.25, 0.3) is 0 Å². The van der Waals surface area contributed by atoms with Gasteiger partial charge in [-0.05, 0) is 12.8 Å². The van der Waals surface area contributed by atoms with Crippen LogP contribution in [0.25, 0.3) is 0 Å². The van der Waals surface area contributed by atoms with Crippen LogP contribution in [0.4, 0.5) is 0 Å². The highest BCUT2D eigenvalue weighted by Crippen LogP contribution is 2.14. The molecule has 0 unspecified atom stereocenters. The van der Waals surface area contributed by atoms with Crippen LogP contribution in [0, 0.1) is 0 Å². The van der Waals surface area contributed by atoms with Crippen molar-refractivity contribution in [3.05, 3.63) is 12.4 Å². The Bertz CT molecular complexity index is 155. The van der Waals surface area contributed by atoms with Gasteiger partial charge in [-0.25, -0.2) is 5.06 Å². The predicted molar refractivity (Wildman–Crippen MR) is 49.1 cm³/mol. The zero-order chi connectivity index (χ0) is 8.97. The second-order valence-corrected chi connectivity index (χ2v) is 3.02. The Hall–Kier alpha value is -0.700. The summed E-state index contributed by atoms with van der Waals surface area (Å²) in [6, 6.07) is 0.654. The molecule has 0 aromatic heterocycles. The Labute approximate surface area is 74.6 Å². The maximum atomic E-state index is 5.09. The average molecular weight is 170 g/mol. The Morgan fingerprint density at radius 2 is 2.00 bits per heavy atom. The van der Waals surface area contributed by atoms with Crippen molar-refractivity contribution in [3.63, 3.8) is 0 Å². The molecule has 0 aromatic rings. The van der Waals surface area contributed by atoms with Crippen molar-refractivity contribution in [2.24, 2.45) is 0 Å². The van der Waals surface area contributed by atoms with Crippen molar-refractivity contribution in [2.45, 2.75) is 32.7 Å². The van der Waals surface area contributed by atoms with Gasteiger partial charge in [0.2, 0.25) is 0 Å². The first-order chi connectivity index (χ1) is 5.81. The molecule has 1 aliphatic rings. The first-order valence-corrected chi connectivity index (χ1v) is 4.56. The van der Waals surface area contributed by atoms with E-state index in [0.717, 1.165) is 6.67 Å². The fourth-order valence-electron chi connectivity index (χ4n) is 1.53. The molecule has 0 N–H and O–H groups in total. The molecule has 3 nitrogen and oxygen atoms in total. The van der Waals surface area contributed by atoms with Crippen LogP contribution in [0.15, 0.2) is 12.4 Å². The maximum absolute atomic E-state index is 5.09. The zero-order valence-corrected chi connectivity index (χ0v) is 8.16. The fourth-order valence-corrected chi connectivity index (χ4v) is 1.53. The Kier molecular flexibility index (Phi) is 3.41. The molecule has 1 rings (SSSR count). The van der Waals surface area contributed by atoms with Crippen molar-refractivity contribution >= 4 is 0 Å². The molecule has 0 fully saturated rings. The van der Waals surface area contributed by atoms with Gasteiger partial charge in [0.05, 0.1) is 7.11 Å². The maximum Gasteiger partial charge on any atom is 0.116 e. The van der Waals surface area contributed by atoms with Crippen molar-refractivity contribution < 1.29 is 4.84 Å². The van der Waals surface area contributed by atoms with E-state index in [1.165, 1.54) is 12.8 Å². The van der Waals surface area contributed by atoms with Crippen LogP contribution < -0.4 is 0 Å². The summed E-state index contributed by atoms with van der Waals surface area (Å²) in [5.74, 6) is 0. The summed E-state index contributed by atoms with van der Waals surface area (Å²) in [4.78, 5) is 7.39. The van der Waals surface area contributed by atoms with Crippen LogP contribution in [0.1, 0.15) is 26.7 Å². The van der Waals surface area contributed by atoms with E-state index in [1.807, 2.05) is 11.3 Å². The molecule has 0 spiro atoms. The molecule has 0 atom stereocenters. The lowest BCUT2D eigenvalue weighted by molar-refractivity contribution is -0.102. The Balaban J connectivity index is 2.40. The van der Waals surface area contributed by atoms with E-state index >= 15 is 0 Å². The van der Waals surface area contributed by atoms with Gasteiger partial charge in [-0.3, -0.25) is 4.84 Å². The van der Waals surface area contributed by atoms with Crippen LogP contribution in [0.3, 0.4) is 0 Å². The minimum Gasteiger partial charge on any atom is -0.354 e. The molecule has 1 heterocycles. The summed E-state index contributed by atoms with van der Waals surface area (Å²) >= 11 is 0. The SMILES string of the molecule is CCC(CC)N1C=CN(OC)C1. The van der Waals surface area contributed by atoms with Gasteiger partial charge in [-0.15, -0.1) is 0 Å². The van der Waals surface area contributed by atoms with Crippen molar-refractivity contribution in [3.8, 4) is 0 Å². The van der Waals surface area contributed by atoms with E-state index in [4.69, 9.17) is 4.84 Å². The number of hydrogen-bond acceptors (Lipinski definition) is 3. The molecule has 0 saturated heterocycles. The third-order valence-corrected chi connectivity index (χ3v) is 2.37. The second kappa shape index (κ2) is 4.36. The van der Waals surface area contributed by atoms with E-state index < -0.39 is 0 Å². The standard InChI is InChI=1S/C9H18N2O/c1-4-9(5-2)10-6-7-11(8-10)12-3/h6-7,9H,4-5,8H2,1-3H3. The molecule has 0 amide bonds. The molecule has 3 heteroatoms. The minimum absolute atomic E-state index is 0.654. The minimum atomic E-state index is 0.654. The summed E-state index contributed by atoms with van der Waals surface area (Å²) < 4.78 is 0. The van der Waals surface area contributed by atoms with Crippen LogP contribution in [0.2, 0.25) is 0 Å². The molecule has 12 heavy (non-hydrogen) atoms. The lowest BCUT2D eigenvalue weighted by atomic mass is 10.1. The van der Waals surface area contributed by atoms with Gasteiger partial charge in [0, 0.05) is 18.4 Å². The summed E-state index contributed by atoms with van der Waals surface area (Å²) in [5, 5.41) is 1.83. The van der Waals surface area contributed by atoms with E-state index in [-0.39, 0.29) is 0 Å². The Morgan fingerprint density at radius 1 is 1.33 bits per heavy atom. The van der Waals surface area contributed by atoms with Crippen LogP contribution >= 0.6 is 0 Å². The third kappa shape index (κ3) is 1.91. The van der Waals surface area contributed by atoms with Gasteiger partial charge < -0.3 is 4.90 Å². The number of hydrogen-bond donors (Lipinski definition) is 0. The van der Waals surface area contributed by atoms with Crippen LogP contribution in [-0.4, -0.2) is 29.8 Å². The number of rotatable bonds is 4. The molecule has 70 valence electrons. The average Bonchev–Trinajstić information content (AvgIpc) is 2.55. The zero-order valence-electron chi connectivity index (χ0n) is 8.16. The molecule has 0 radical (unpaired) electrons. The lowest BCUT2D eigenvalue weighted by Gasteiger charge is -2.26. The largest absolute Gasteiger partial charge is 0.354 e. The summed E-state index contributed by atoms with van der Waals surface area (Å²) in [6.07, 6.45) is 6.45. The first kappa shape index (κ1) is 9.39. The quantitative estimate of drug-likeness (QED) is 0.639. The molecule has 0 aliphatic carbocycles. The van der Waals surface area contributed by atoms with Gasteiger partial charge in [0.1, 0.15) is 6.67 Å². The smallest absolute Gasteiger partial charge is 0.116 e. The molecule has 0 aromatic carbocycles. The van der Waals surface area contributed by atoms with E-state index in [1.54, 1.807) is 7.11 Å². The second-order valence-electron chi connectivity index (χ2n) is 3.02. The molecule has 0 bridgehead atoms. The van der Waals surface area contributed by atoms with E-state index in [9.17, 15) is 0 Å². The number of nitrogens with zero attached hydrogens (tertiary/aromatic N) is 2. The van der Waals surface area contributed by atoms with Crippen molar-refractivity contribution in [2.75, 3.05) is 13.8 Å².